The number of hydrogen-bond donors (Lipinski definition) is 1. The van der Waals surface area contributed by atoms with E-state index in [2.05, 4.69) is 10.4 Å². The third-order valence-corrected chi connectivity index (χ3v) is 3.58. The Balaban J connectivity index is 1.91. The largest absolute Gasteiger partial charge is 0.348 e. The van der Waals surface area contributed by atoms with Crippen molar-refractivity contribution in [1.82, 2.24) is 15.1 Å². The number of β-lactam (4-membered cyclic amide) rings is 1. The van der Waals surface area contributed by atoms with E-state index in [0.29, 0.717) is 0 Å². The quantitative estimate of drug-likeness (QED) is 0.666. The molecule has 1 saturated heterocycles. The smallest absolute Gasteiger partial charge is 0.229 e. The van der Waals surface area contributed by atoms with E-state index in [1.165, 1.54) is 6.42 Å². The van der Waals surface area contributed by atoms with Gasteiger partial charge in [-0.2, -0.15) is 5.10 Å². The van der Waals surface area contributed by atoms with Crippen molar-refractivity contribution in [2.45, 2.75) is 25.3 Å². The Hall–Kier alpha value is -1.32. The van der Waals surface area contributed by atoms with Gasteiger partial charge in [-0.05, 0) is 12.8 Å². The molecule has 0 radical (unpaired) electrons. The van der Waals surface area contributed by atoms with E-state index in [-0.39, 0.29) is 17.4 Å². The summed E-state index contributed by atoms with van der Waals surface area (Å²) in [4.78, 5) is 11.5. The van der Waals surface area contributed by atoms with Gasteiger partial charge in [0.15, 0.2) is 0 Å². The molecule has 0 bridgehead atoms. The summed E-state index contributed by atoms with van der Waals surface area (Å²) in [5.74, 6) is 0.234. The Morgan fingerprint density at radius 1 is 1.64 bits per heavy atom. The van der Waals surface area contributed by atoms with Crippen LogP contribution in [0.4, 0.5) is 0 Å². The van der Waals surface area contributed by atoms with E-state index in [1.54, 1.807) is 4.68 Å². The molecule has 1 amide bonds. The van der Waals surface area contributed by atoms with Gasteiger partial charge in [-0.15, -0.1) is 0 Å². The number of amides is 1. The van der Waals surface area contributed by atoms with Crippen molar-refractivity contribution in [3.63, 3.8) is 0 Å². The molecule has 1 N–H and O–H groups in total. The van der Waals surface area contributed by atoms with Crippen LogP contribution in [0.5, 0.6) is 0 Å². The molecule has 1 spiro atoms. The topological polar surface area (TPSA) is 46.9 Å². The zero-order valence-electron chi connectivity index (χ0n) is 8.16. The fraction of sp³-hybridized carbons (Fsp3) is 0.600. The molecule has 2 heterocycles. The molecule has 4 heteroatoms. The number of nitrogens with one attached hydrogen (secondary N) is 1. The average Bonchev–Trinajstić information content (AvgIpc) is 2.44. The molecule has 14 heavy (non-hydrogen) atoms. The average molecular weight is 191 g/mol. The van der Waals surface area contributed by atoms with Crippen LogP contribution >= 0.6 is 0 Å². The maximum absolute atomic E-state index is 11.5. The standard InChI is InChI=1S/C10H13N3O/c1-13-6-7(5-11-13)8-10(3-2-4-10)9(14)12-8/h5-6,8H,2-4H2,1H3,(H,12,14). The van der Waals surface area contributed by atoms with Gasteiger partial charge in [0.05, 0.1) is 17.7 Å². The molecule has 2 fully saturated rings. The van der Waals surface area contributed by atoms with Crippen molar-refractivity contribution in [3.05, 3.63) is 18.0 Å². The Labute approximate surface area is 82.3 Å². The van der Waals surface area contributed by atoms with Crippen LogP contribution in [0.2, 0.25) is 0 Å². The monoisotopic (exact) mass is 191 g/mol. The molecule has 1 aromatic heterocycles. The van der Waals surface area contributed by atoms with E-state index >= 15 is 0 Å². The van der Waals surface area contributed by atoms with Gasteiger partial charge in [0.1, 0.15) is 0 Å². The first-order valence-corrected chi connectivity index (χ1v) is 5.02. The number of rotatable bonds is 1. The van der Waals surface area contributed by atoms with Gasteiger partial charge in [-0.25, -0.2) is 0 Å². The van der Waals surface area contributed by atoms with Crippen molar-refractivity contribution in [2.24, 2.45) is 12.5 Å². The summed E-state index contributed by atoms with van der Waals surface area (Å²) in [7, 11) is 1.90. The van der Waals surface area contributed by atoms with Gasteiger partial charge in [-0.3, -0.25) is 9.48 Å². The minimum Gasteiger partial charge on any atom is -0.348 e. The maximum atomic E-state index is 11.5. The minimum absolute atomic E-state index is 0.0664. The lowest BCUT2D eigenvalue weighted by Gasteiger charge is -2.54. The summed E-state index contributed by atoms with van der Waals surface area (Å²) >= 11 is 0. The summed E-state index contributed by atoms with van der Waals surface area (Å²) in [5, 5.41) is 7.11. The first-order chi connectivity index (χ1) is 6.72. The van der Waals surface area contributed by atoms with E-state index in [0.717, 1.165) is 18.4 Å². The fourth-order valence-corrected chi connectivity index (χ4v) is 2.53. The van der Waals surface area contributed by atoms with Gasteiger partial charge >= 0.3 is 0 Å². The first-order valence-electron chi connectivity index (χ1n) is 5.02. The summed E-state index contributed by atoms with van der Waals surface area (Å²) in [5.41, 5.74) is 1.08. The zero-order valence-corrected chi connectivity index (χ0v) is 8.16. The van der Waals surface area contributed by atoms with E-state index < -0.39 is 0 Å². The molecule has 1 unspecified atom stereocenters. The van der Waals surface area contributed by atoms with E-state index in [1.807, 2.05) is 19.4 Å². The molecule has 4 nitrogen and oxygen atoms in total. The number of carbonyl (C=O) groups excluding carboxylic acids is 1. The lowest BCUT2D eigenvalue weighted by Crippen LogP contribution is -2.64. The van der Waals surface area contributed by atoms with Crippen LogP contribution in [0.15, 0.2) is 12.4 Å². The molecule has 74 valence electrons. The van der Waals surface area contributed by atoms with Crippen molar-refractivity contribution >= 4 is 5.91 Å². The predicted octanol–water partition coefficient (Wildman–Crippen LogP) is 0.761. The molecule has 2 aliphatic rings. The molecule has 1 atom stereocenters. The molecule has 1 aromatic rings. The van der Waals surface area contributed by atoms with Gasteiger partial charge in [0.2, 0.25) is 5.91 Å². The molecular weight excluding hydrogens is 178 g/mol. The van der Waals surface area contributed by atoms with Crippen molar-refractivity contribution in [2.75, 3.05) is 0 Å². The zero-order chi connectivity index (χ0) is 9.76. The normalized spacial score (nSPS) is 28.1. The second-order valence-electron chi connectivity index (χ2n) is 4.36. The van der Waals surface area contributed by atoms with Crippen molar-refractivity contribution in [1.29, 1.82) is 0 Å². The van der Waals surface area contributed by atoms with Gasteiger partial charge in [0.25, 0.3) is 0 Å². The van der Waals surface area contributed by atoms with Crippen molar-refractivity contribution in [3.8, 4) is 0 Å². The highest BCUT2D eigenvalue weighted by molar-refractivity contribution is 5.91. The summed E-state index contributed by atoms with van der Waals surface area (Å²) < 4.78 is 1.78. The predicted molar refractivity (Wildman–Crippen MR) is 50.4 cm³/mol. The highest BCUT2D eigenvalue weighted by atomic mass is 16.2. The lowest BCUT2D eigenvalue weighted by molar-refractivity contribution is -0.155. The van der Waals surface area contributed by atoms with Crippen LogP contribution in [0, 0.1) is 5.41 Å². The van der Waals surface area contributed by atoms with E-state index in [4.69, 9.17) is 0 Å². The highest BCUT2D eigenvalue weighted by Gasteiger charge is 2.59. The number of aryl methyl sites for hydroxylation is 1. The SMILES string of the molecule is Cn1cc(C2NC(=O)C23CCC3)cn1. The molecule has 0 aromatic carbocycles. The minimum atomic E-state index is -0.0664. The lowest BCUT2D eigenvalue weighted by atomic mass is 9.57. The van der Waals surface area contributed by atoms with Crippen LogP contribution in [0.3, 0.4) is 0 Å². The summed E-state index contributed by atoms with van der Waals surface area (Å²) in [6, 6.07) is 0.220. The second kappa shape index (κ2) is 2.38. The maximum Gasteiger partial charge on any atom is 0.229 e. The van der Waals surface area contributed by atoms with E-state index in [9.17, 15) is 4.79 Å². The molecular formula is C10H13N3O. The highest BCUT2D eigenvalue weighted by Crippen LogP contribution is 2.55. The Morgan fingerprint density at radius 3 is 2.86 bits per heavy atom. The van der Waals surface area contributed by atoms with Crippen LogP contribution in [-0.4, -0.2) is 15.7 Å². The third-order valence-electron chi connectivity index (χ3n) is 3.58. The van der Waals surface area contributed by atoms with Gasteiger partial charge in [-0.1, -0.05) is 6.42 Å². The van der Waals surface area contributed by atoms with Gasteiger partial charge < -0.3 is 5.32 Å². The van der Waals surface area contributed by atoms with Gasteiger partial charge in [0, 0.05) is 18.8 Å². The number of nitrogens with zero attached hydrogens (tertiary/aromatic N) is 2. The number of aromatic nitrogens is 2. The molecule has 1 saturated carbocycles. The number of hydrogen-bond acceptors (Lipinski definition) is 2. The Bertz CT molecular complexity index is 392. The fourth-order valence-electron chi connectivity index (χ4n) is 2.53. The van der Waals surface area contributed by atoms with Crippen LogP contribution in [-0.2, 0) is 11.8 Å². The molecule has 1 aliphatic heterocycles. The van der Waals surface area contributed by atoms with Crippen molar-refractivity contribution < 1.29 is 4.79 Å². The van der Waals surface area contributed by atoms with Crippen LogP contribution < -0.4 is 5.32 Å². The summed E-state index contributed by atoms with van der Waals surface area (Å²) in [6.07, 6.45) is 7.11. The van der Waals surface area contributed by atoms with Crippen LogP contribution in [0.25, 0.3) is 0 Å². The first kappa shape index (κ1) is 8.03. The Kier molecular flexibility index (Phi) is 1.36. The molecule has 3 rings (SSSR count). The summed E-state index contributed by atoms with van der Waals surface area (Å²) in [6.45, 7) is 0. The second-order valence-corrected chi connectivity index (χ2v) is 4.36. The van der Waals surface area contributed by atoms with Crippen LogP contribution in [0.1, 0.15) is 30.9 Å². The third kappa shape index (κ3) is 0.786. The molecule has 1 aliphatic carbocycles. The Morgan fingerprint density at radius 2 is 2.43 bits per heavy atom. The number of carbonyl (C=O) groups is 1.